The molecule has 0 unspecified atom stereocenters. The van der Waals surface area contributed by atoms with Gasteiger partial charge in [0.15, 0.2) is 0 Å². The zero-order valence-electron chi connectivity index (χ0n) is 13.4. The fraction of sp³-hybridized carbons (Fsp3) is 0.467. The second-order valence-electron chi connectivity index (χ2n) is 6.47. The lowest BCUT2D eigenvalue weighted by Crippen LogP contribution is -2.41. The molecule has 0 amide bonds. The first-order valence-electron chi connectivity index (χ1n) is 7.16. The summed E-state index contributed by atoms with van der Waals surface area (Å²) in [5.74, 6) is -0.421. The summed E-state index contributed by atoms with van der Waals surface area (Å²) in [6.07, 6.45) is 1.70. The Balaban J connectivity index is 1.95. The van der Waals surface area contributed by atoms with Gasteiger partial charge in [0.1, 0.15) is 11.3 Å². The highest BCUT2D eigenvalue weighted by molar-refractivity contribution is 6.62. The maximum atomic E-state index is 11.6. The van der Waals surface area contributed by atoms with E-state index in [1.165, 1.54) is 7.11 Å². The third-order valence-corrected chi connectivity index (χ3v) is 4.42. The number of hydrogen-bond acceptors (Lipinski definition) is 5. The molecule has 1 aliphatic heterocycles. The molecule has 116 valence electrons. The van der Waals surface area contributed by atoms with Gasteiger partial charge in [-0.2, -0.15) is 0 Å². The Morgan fingerprint density at radius 1 is 1.23 bits per heavy atom. The molecule has 6 nitrogen and oxygen atoms in total. The lowest BCUT2D eigenvalue weighted by atomic mass is 9.80. The molecule has 0 atom stereocenters. The highest BCUT2D eigenvalue weighted by Gasteiger charge is 2.51. The number of rotatable bonds is 2. The second kappa shape index (κ2) is 4.82. The first kappa shape index (κ1) is 15.1. The van der Waals surface area contributed by atoms with E-state index in [0.29, 0.717) is 11.3 Å². The molecule has 2 aromatic rings. The Bertz CT molecular complexity index is 722. The van der Waals surface area contributed by atoms with Gasteiger partial charge in [-0.1, -0.05) is 0 Å². The van der Waals surface area contributed by atoms with Gasteiger partial charge in [0.05, 0.1) is 18.3 Å². The van der Waals surface area contributed by atoms with Crippen LogP contribution in [0.1, 0.15) is 38.2 Å². The molecular formula is C15H19BN2O4. The summed E-state index contributed by atoms with van der Waals surface area (Å²) in [4.78, 5) is 18.8. The summed E-state index contributed by atoms with van der Waals surface area (Å²) in [6, 6.07) is 3.62. The zero-order valence-corrected chi connectivity index (χ0v) is 13.4. The van der Waals surface area contributed by atoms with Crippen LogP contribution < -0.4 is 5.46 Å². The highest BCUT2D eigenvalue weighted by Crippen LogP contribution is 2.36. The van der Waals surface area contributed by atoms with E-state index in [2.05, 4.69) is 9.97 Å². The maximum absolute atomic E-state index is 11.6. The molecule has 0 aliphatic carbocycles. The van der Waals surface area contributed by atoms with Crippen LogP contribution in [0.5, 0.6) is 0 Å². The molecule has 3 heterocycles. The van der Waals surface area contributed by atoms with Crippen LogP contribution >= 0.6 is 0 Å². The molecule has 0 aromatic carbocycles. The van der Waals surface area contributed by atoms with Gasteiger partial charge in [0, 0.05) is 17.0 Å². The Labute approximate surface area is 129 Å². The number of methoxy groups -OCH3 is 1. The van der Waals surface area contributed by atoms with Crippen LogP contribution in [0.4, 0.5) is 0 Å². The number of H-pyrrole nitrogens is 1. The SMILES string of the molecule is COC(=O)c1cc2cc(B3OC(C)(C)C(C)(C)O3)cnc2[nH]1. The number of nitrogens with zero attached hydrogens (tertiary/aromatic N) is 1. The predicted molar refractivity (Wildman–Crippen MR) is 83.1 cm³/mol. The zero-order chi connectivity index (χ0) is 16.1. The molecule has 1 saturated heterocycles. The van der Waals surface area contributed by atoms with E-state index in [9.17, 15) is 4.79 Å². The van der Waals surface area contributed by atoms with Crippen LogP contribution in [0.15, 0.2) is 18.3 Å². The minimum absolute atomic E-state index is 0.371. The van der Waals surface area contributed by atoms with Crippen molar-refractivity contribution in [3.05, 3.63) is 24.0 Å². The molecule has 7 heteroatoms. The molecule has 22 heavy (non-hydrogen) atoms. The van der Waals surface area contributed by atoms with Crippen molar-refractivity contribution in [1.29, 1.82) is 0 Å². The predicted octanol–water partition coefficient (Wildman–Crippen LogP) is 1.65. The maximum Gasteiger partial charge on any atom is 0.496 e. The van der Waals surface area contributed by atoms with Crippen molar-refractivity contribution in [1.82, 2.24) is 9.97 Å². The molecule has 1 fully saturated rings. The number of carbonyl (C=O) groups is 1. The summed E-state index contributed by atoms with van der Waals surface area (Å²) < 4.78 is 16.7. The first-order valence-corrected chi connectivity index (χ1v) is 7.16. The van der Waals surface area contributed by atoms with Gasteiger partial charge in [-0.25, -0.2) is 9.78 Å². The lowest BCUT2D eigenvalue weighted by Gasteiger charge is -2.32. The molecule has 3 rings (SSSR count). The van der Waals surface area contributed by atoms with Gasteiger partial charge < -0.3 is 19.0 Å². The molecule has 1 N–H and O–H groups in total. The van der Waals surface area contributed by atoms with E-state index in [0.717, 1.165) is 10.8 Å². The van der Waals surface area contributed by atoms with Crippen LogP contribution in [0.25, 0.3) is 11.0 Å². The average Bonchev–Trinajstić information content (AvgIpc) is 2.96. The molecule has 0 bridgehead atoms. The first-order chi connectivity index (χ1) is 10.2. The minimum atomic E-state index is -0.474. The molecule has 1 aliphatic rings. The Kier molecular flexibility index (Phi) is 3.30. The Morgan fingerprint density at radius 3 is 2.45 bits per heavy atom. The summed E-state index contributed by atoms with van der Waals surface area (Å²) in [5.41, 5.74) is 1.02. The van der Waals surface area contributed by atoms with Crippen LogP contribution in [0.2, 0.25) is 0 Å². The van der Waals surface area contributed by atoms with E-state index in [4.69, 9.17) is 14.0 Å². The normalized spacial score (nSPS) is 19.6. The van der Waals surface area contributed by atoms with Gasteiger partial charge in [-0.15, -0.1) is 0 Å². The number of pyridine rings is 1. The van der Waals surface area contributed by atoms with Crippen molar-refractivity contribution in [2.24, 2.45) is 0 Å². The molecule has 0 radical (unpaired) electrons. The standard InChI is InChI=1S/C15H19BN2O4/c1-14(2)15(3,4)22-16(21-14)10-6-9-7-11(13(19)20-5)18-12(9)17-8-10/h6-8H,1-5H3,(H,17,18). The number of nitrogens with one attached hydrogen (secondary N) is 1. The van der Waals surface area contributed by atoms with Crippen LogP contribution in [-0.2, 0) is 14.0 Å². The fourth-order valence-corrected chi connectivity index (χ4v) is 2.36. The largest absolute Gasteiger partial charge is 0.496 e. The third-order valence-electron chi connectivity index (χ3n) is 4.42. The summed E-state index contributed by atoms with van der Waals surface area (Å²) in [6.45, 7) is 8.02. The monoisotopic (exact) mass is 302 g/mol. The lowest BCUT2D eigenvalue weighted by molar-refractivity contribution is 0.00578. The van der Waals surface area contributed by atoms with Crippen molar-refractivity contribution in [3.63, 3.8) is 0 Å². The fourth-order valence-electron chi connectivity index (χ4n) is 2.36. The number of aromatic amines is 1. The Hall–Kier alpha value is -1.86. The summed E-state index contributed by atoms with van der Waals surface area (Å²) >= 11 is 0. The van der Waals surface area contributed by atoms with E-state index < -0.39 is 24.3 Å². The average molecular weight is 302 g/mol. The quantitative estimate of drug-likeness (QED) is 0.674. The van der Waals surface area contributed by atoms with Crippen LogP contribution in [0.3, 0.4) is 0 Å². The number of aromatic nitrogens is 2. The second-order valence-corrected chi connectivity index (χ2v) is 6.47. The van der Waals surface area contributed by atoms with E-state index in [1.807, 2.05) is 33.8 Å². The van der Waals surface area contributed by atoms with Gasteiger partial charge >= 0.3 is 13.1 Å². The van der Waals surface area contributed by atoms with Crippen molar-refractivity contribution in [2.75, 3.05) is 7.11 Å². The number of ether oxygens (including phenoxy) is 1. The van der Waals surface area contributed by atoms with Crippen molar-refractivity contribution in [3.8, 4) is 0 Å². The topological polar surface area (TPSA) is 73.4 Å². The highest BCUT2D eigenvalue weighted by atomic mass is 16.7. The minimum Gasteiger partial charge on any atom is -0.464 e. The third kappa shape index (κ3) is 2.30. The number of fused-ring (bicyclic) bond motifs is 1. The number of hydrogen-bond donors (Lipinski definition) is 1. The van der Waals surface area contributed by atoms with Crippen LogP contribution in [-0.4, -0.2) is 41.4 Å². The molecule has 2 aromatic heterocycles. The summed E-state index contributed by atoms with van der Waals surface area (Å²) in [7, 11) is 0.871. The van der Waals surface area contributed by atoms with Gasteiger partial charge in [0.2, 0.25) is 0 Å². The van der Waals surface area contributed by atoms with Crippen molar-refractivity contribution in [2.45, 2.75) is 38.9 Å². The van der Waals surface area contributed by atoms with Crippen molar-refractivity contribution < 1.29 is 18.8 Å². The molecule has 0 saturated carbocycles. The van der Waals surface area contributed by atoms with E-state index in [-0.39, 0.29) is 0 Å². The van der Waals surface area contributed by atoms with Gasteiger partial charge in [0.25, 0.3) is 0 Å². The number of carbonyl (C=O) groups excluding carboxylic acids is 1. The molecular weight excluding hydrogens is 283 g/mol. The Morgan fingerprint density at radius 2 is 1.86 bits per heavy atom. The number of esters is 1. The van der Waals surface area contributed by atoms with Gasteiger partial charge in [-0.05, 0) is 39.8 Å². The van der Waals surface area contributed by atoms with Gasteiger partial charge in [-0.3, -0.25) is 0 Å². The van der Waals surface area contributed by atoms with E-state index >= 15 is 0 Å². The summed E-state index contributed by atoms with van der Waals surface area (Å²) in [5, 5.41) is 0.813. The smallest absolute Gasteiger partial charge is 0.464 e. The van der Waals surface area contributed by atoms with Crippen LogP contribution in [0, 0.1) is 0 Å². The molecule has 0 spiro atoms. The van der Waals surface area contributed by atoms with E-state index in [1.54, 1.807) is 12.3 Å². The van der Waals surface area contributed by atoms with Crippen molar-refractivity contribution >= 4 is 29.6 Å².